The van der Waals surface area contributed by atoms with Crippen LogP contribution in [0.5, 0.6) is 0 Å². The van der Waals surface area contributed by atoms with E-state index in [2.05, 4.69) is 15.5 Å². The van der Waals surface area contributed by atoms with Gasteiger partial charge in [-0.15, -0.1) is 0 Å². The Kier molecular flexibility index (Phi) is 5.43. The summed E-state index contributed by atoms with van der Waals surface area (Å²) in [4.78, 5) is 15.9. The van der Waals surface area contributed by atoms with Gasteiger partial charge in [0, 0.05) is 10.6 Å². The predicted molar refractivity (Wildman–Crippen MR) is 96.6 cm³/mol. The first-order chi connectivity index (χ1) is 12.0. The minimum atomic E-state index is -0.482. The lowest BCUT2D eigenvalue weighted by atomic mass is 10.2. The standard InChI is InChI=1S/C16H11Cl3N4O2/c17-12-4-2-1-3-10(12)7-21-22-16(24)13-6-5-11(25-13)8-23-9-20-14(18)15(23)19/h1-7,9H,8H2,(H,22,24). The average Bonchev–Trinajstić information content (AvgIpc) is 3.19. The maximum absolute atomic E-state index is 12.0. The molecule has 0 atom stereocenters. The van der Waals surface area contributed by atoms with Crippen molar-refractivity contribution in [2.45, 2.75) is 6.54 Å². The van der Waals surface area contributed by atoms with Crippen LogP contribution in [0, 0.1) is 0 Å². The summed E-state index contributed by atoms with van der Waals surface area (Å²) >= 11 is 17.8. The van der Waals surface area contributed by atoms with Crippen molar-refractivity contribution in [2.24, 2.45) is 5.10 Å². The lowest BCUT2D eigenvalue weighted by Crippen LogP contribution is -2.16. The first kappa shape index (κ1) is 17.5. The number of halogens is 3. The Hall–Kier alpha value is -2.28. The highest BCUT2D eigenvalue weighted by Gasteiger charge is 2.13. The number of aromatic nitrogens is 2. The van der Waals surface area contributed by atoms with E-state index in [0.717, 1.165) is 0 Å². The highest BCUT2D eigenvalue weighted by atomic mass is 35.5. The molecule has 6 nitrogen and oxygen atoms in total. The zero-order valence-electron chi connectivity index (χ0n) is 12.6. The van der Waals surface area contributed by atoms with Gasteiger partial charge in [0.1, 0.15) is 10.9 Å². The van der Waals surface area contributed by atoms with Crippen LogP contribution in [0.2, 0.25) is 15.3 Å². The number of rotatable bonds is 5. The number of furan rings is 1. The summed E-state index contributed by atoms with van der Waals surface area (Å²) < 4.78 is 7.07. The molecule has 9 heteroatoms. The fourth-order valence-corrected chi connectivity index (χ4v) is 2.49. The maximum atomic E-state index is 12.0. The van der Waals surface area contributed by atoms with E-state index < -0.39 is 5.91 Å². The molecule has 25 heavy (non-hydrogen) atoms. The third kappa shape index (κ3) is 4.22. The number of hydrogen-bond donors (Lipinski definition) is 1. The van der Waals surface area contributed by atoms with Crippen LogP contribution in [0.15, 0.2) is 52.2 Å². The van der Waals surface area contributed by atoms with Crippen LogP contribution in [0.3, 0.4) is 0 Å². The van der Waals surface area contributed by atoms with Gasteiger partial charge in [0.05, 0.1) is 19.1 Å². The van der Waals surface area contributed by atoms with Crippen LogP contribution < -0.4 is 5.43 Å². The number of carbonyl (C=O) groups is 1. The summed E-state index contributed by atoms with van der Waals surface area (Å²) in [7, 11) is 0. The van der Waals surface area contributed by atoms with Crippen molar-refractivity contribution >= 4 is 46.9 Å². The molecule has 0 spiro atoms. The molecule has 0 fully saturated rings. The minimum Gasteiger partial charge on any atom is -0.454 e. The summed E-state index contributed by atoms with van der Waals surface area (Å²) in [6, 6.07) is 10.3. The number of nitrogens with zero attached hydrogens (tertiary/aromatic N) is 3. The number of nitrogens with one attached hydrogen (secondary N) is 1. The highest BCUT2D eigenvalue weighted by Crippen LogP contribution is 2.21. The summed E-state index contributed by atoms with van der Waals surface area (Å²) in [5.41, 5.74) is 3.07. The van der Waals surface area contributed by atoms with Crippen LogP contribution in [0.25, 0.3) is 0 Å². The van der Waals surface area contributed by atoms with Gasteiger partial charge in [-0.05, 0) is 18.2 Å². The Morgan fingerprint density at radius 1 is 1.24 bits per heavy atom. The van der Waals surface area contributed by atoms with Crippen LogP contribution in [-0.2, 0) is 6.54 Å². The van der Waals surface area contributed by atoms with Crippen LogP contribution in [0.1, 0.15) is 21.9 Å². The molecule has 3 aromatic rings. The molecule has 0 radical (unpaired) electrons. The Balaban J connectivity index is 1.63. The molecular formula is C16H11Cl3N4O2. The van der Waals surface area contributed by atoms with E-state index in [1.54, 1.807) is 28.8 Å². The predicted octanol–water partition coefficient (Wildman–Crippen LogP) is 4.25. The number of carbonyl (C=O) groups excluding carboxylic acids is 1. The van der Waals surface area contributed by atoms with E-state index in [4.69, 9.17) is 39.2 Å². The third-order valence-corrected chi connectivity index (χ3v) is 4.33. The third-order valence-electron chi connectivity index (χ3n) is 3.22. The van der Waals surface area contributed by atoms with Crippen LogP contribution in [-0.4, -0.2) is 21.7 Å². The molecule has 1 N–H and O–H groups in total. The van der Waals surface area contributed by atoms with E-state index in [1.807, 2.05) is 12.1 Å². The Bertz CT molecular complexity index is 933. The molecule has 0 aliphatic carbocycles. The van der Waals surface area contributed by atoms with Crippen LogP contribution in [0.4, 0.5) is 0 Å². The quantitative estimate of drug-likeness (QED) is 0.517. The number of amides is 1. The number of benzene rings is 1. The molecule has 128 valence electrons. The van der Waals surface area contributed by atoms with Gasteiger partial charge >= 0.3 is 5.91 Å². The molecule has 1 amide bonds. The number of hydrogen-bond acceptors (Lipinski definition) is 4. The summed E-state index contributed by atoms with van der Waals surface area (Å²) in [6.45, 7) is 0.300. The SMILES string of the molecule is O=C(NN=Cc1ccccc1Cl)c1ccc(Cn2cnc(Cl)c2Cl)o1. The largest absolute Gasteiger partial charge is 0.454 e. The normalized spacial score (nSPS) is 11.2. The zero-order valence-corrected chi connectivity index (χ0v) is 14.9. The van der Waals surface area contributed by atoms with Gasteiger partial charge in [-0.2, -0.15) is 5.10 Å². The monoisotopic (exact) mass is 396 g/mol. The van der Waals surface area contributed by atoms with Crippen molar-refractivity contribution in [3.63, 3.8) is 0 Å². The fourth-order valence-electron chi connectivity index (χ4n) is 2.00. The molecule has 2 heterocycles. The highest BCUT2D eigenvalue weighted by molar-refractivity contribution is 6.40. The Morgan fingerprint density at radius 2 is 2.04 bits per heavy atom. The lowest BCUT2D eigenvalue weighted by molar-refractivity contribution is 0.0925. The van der Waals surface area contributed by atoms with E-state index in [1.165, 1.54) is 12.5 Å². The molecule has 0 saturated heterocycles. The van der Waals surface area contributed by atoms with Gasteiger partial charge in [-0.1, -0.05) is 53.0 Å². The maximum Gasteiger partial charge on any atom is 0.307 e. The summed E-state index contributed by atoms with van der Waals surface area (Å²) in [6.07, 6.45) is 2.94. The Labute approximate surface area is 158 Å². The smallest absolute Gasteiger partial charge is 0.307 e. The lowest BCUT2D eigenvalue weighted by Gasteiger charge is -2.01. The molecular weight excluding hydrogens is 387 g/mol. The summed E-state index contributed by atoms with van der Waals surface area (Å²) in [5.74, 6) is 0.161. The van der Waals surface area contributed by atoms with Gasteiger partial charge in [-0.3, -0.25) is 4.79 Å². The van der Waals surface area contributed by atoms with Crippen molar-refractivity contribution in [3.8, 4) is 0 Å². The van der Waals surface area contributed by atoms with Gasteiger partial charge in [0.2, 0.25) is 0 Å². The van der Waals surface area contributed by atoms with E-state index in [-0.39, 0.29) is 10.9 Å². The van der Waals surface area contributed by atoms with Crippen molar-refractivity contribution < 1.29 is 9.21 Å². The van der Waals surface area contributed by atoms with Gasteiger partial charge in [-0.25, -0.2) is 10.4 Å². The molecule has 2 aromatic heterocycles. The second-order valence-corrected chi connectivity index (χ2v) is 6.06. The van der Waals surface area contributed by atoms with Gasteiger partial charge in [0.25, 0.3) is 0 Å². The van der Waals surface area contributed by atoms with Crippen LogP contribution >= 0.6 is 34.8 Å². The Morgan fingerprint density at radius 3 is 2.76 bits per heavy atom. The number of hydrazone groups is 1. The van der Waals surface area contributed by atoms with Crippen molar-refractivity contribution in [2.75, 3.05) is 0 Å². The average molecular weight is 398 g/mol. The molecule has 0 aliphatic heterocycles. The second-order valence-electron chi connectivity index (χ2n) is 4.94. The molecule has 0 aliphatic rings. The molecule has 1 aromatic carbocycles. The molecule has 0 unspecified atom stereocenters. The number of imidazole rings is 1. The minimum absolute atomic E-state index is 0.119. The van der Waals surface area contributed by atoms with Gasteiger partial charge < -0.3 is 8.98 Å². The topological polar surface area (TPSA) is 72.4 Å². The van der Waals surface area contributed by atoms with Crippen molar-refractivity contribution in [1.82, 2.24) is 15.0 Å². The first-order valence-corrected chi connectivity index (χ1v) is 8.21. The first-order valence-electron chi connectivity index (χ1n) is 7.07. The van der Waals surface area contributed by atoms with Crippen molar-refractivity contribution in [3.05, 3.63) is 75.1 Å². The molecule has 0 saturated carbocycles. The molecule has 0 bridgehead atoms. The van der Waals surface area contributed by atoms with E-state index >= 15 is 0 Å². The van der Waals surface area contributed by atoms with E-state index in [9.17, 15) is 4.79 Å². The zero-order chi connectivity index (χ0) is 17.8. The second kappa shape index (κ2) is 7.74. The van der Waals surface area contributed by atoms with Crippen molar-refractivity contribution in [1.29, 1.82) is 0 Å². The van der Waals surface area contributed by atoms with E-state index in [0.29, 0.717) is 28.0 Å². The van der Waals surface area contributed by atoms with Gasteiger partial charge in [0.15, 0.2) is 10.9 Å². The fraction of sp³-hybridized carbons (Fsp3) is 0.0625. The summed E-state index contributed by atoms with van der Waals surface area (Å²) in [5, 5.41) is 4.91. The molecule has 3 rings (SSSR count).